The van der Waals surface area contributed by atoms with Crippen molar-refractivity contribution in [3.05, 3.63) is 54.1 Å². The molecule has 2 atom stereocenters. The molecule has 2 aromatic rings. The lowest BCUT2D eigenvalue weighted by molar-refractivity contribution is -0.139. The molecule has 4 N–H and O–H groups in total. The maximum absolute atomic E-state index is 12.2. The molecule has 10 nitrogen and oxygen atoms in total. The zero-order valence-corrected chi connectivity index (χ0v) is 17.0. The molecule has 0 saturated carbocycles. The third-order valence-electron chi connectivity index (χ3n) is 3.81. The second kappa shape index (κ2) is 10.7. The molecular formula is C19H22NO9P. The average Bonchev–Trinajstić information content (AvgIpc) is 2.72. The molecule has 0 aliphatic carbocycles. The minimum atomic E-state index is -4.70. The van der Waals surface area contributed by atoms with Gasteiger partial charge in [-0.2, -0.15) is 0 Å². The van der Waals surface area contributed by atoms with Gasteiger partial charge in [0.1, 0.15) is 11.8 Å². The number of carboxylic acid groups (broad SMARTS) is 1. The Morgan fingerprint density at radius 3 is 2.30 bits per heavy atom. The van der Waals surface area contributed by atoms with E-state index in [-0.39, 0.29) is 17.9 Å². The molecule has 0 aliphatic rings. The van der Waals surface area contributed by atoms with Crippen LogP contribution >= 0.6 is 7.82 Å². The zero-order valence-electron chi connectivity index (χ0n) is 16.1. The first-order valence-electron chi connectivity index (χ1n) is 8.79. The number of phosphoric acid groups is 1. The number of aryl methyl sites for hydroxylation is 1. The van der Waals surface area contributed by atoms with Crippen molar-refractivity contribution in [1.29, 1.82) is 0 Å². The van der Waals surface area contributed by atoms with Crippen LogP contribution in [0.25, 0.3) is 0 Å². The number of para-hydroxylation sites is 3. The number of ether oxygens (including phenoxy) is 2. The van der Waals surface area contributed by atoms with E-state index in [1.165, 1.54) is 25.3 Å². The summed E-state index contributed by atoms with van der Waals surface area (Å²) < 4.78 is 32.0. The Balaban J connectivity index is 1.99. The van der Waals surface area contributed by atoms with E-state index in [9.17, 15) is 19.0 Å². The maximum atomic E-state index is 12.2. The molecule has 1 unspecified atom stereocenters. The molecular weight excluding hydrogens is 417 g/mol. The van der Waals surface area contributed by atoms with Crippen LogP contribution in [-0.4, -0.2) is 41.7 Å². The van der Waals surface area contributed by atoms with Crippen LogP contribution in [0.2, 0.25) is 0 Å². The maximum Gasteiger partial charge on any atom is 0.527 e. The van der Waals surface area contributed by atoms with Crippen LogP contribution in [0.3, 0.4) is 0 Å². The van der Waals surface area contributed by atoms with Gasteiger partial charge in [0.15, 0.2) is 11.5 Å². The Labute approximate surface area is 172 Å². The number of esters is 1. The molecule has 30 heavy (non-hydrogen) atoms. The zero-order chi connectivity index (χ0) is 22.1. The van der Waals surface area contributed by atoms with E-state index in [1.807, 2.05) is 18.2 Å². The SMILES string of the molecule is COc1ccccc1CCC(=O)Oc1ccccc1OP(=O)(O)OC[C@H](N)C(=O)O. The van der Waals surface area contributed by atoms with E-state index < -0.39 is 32.4 Å². The molecule has 0 radical (unpaired) electrons. The van der Waals surface area contributed by atoms with Gasteiger partial charge in [-0.1, -0.05) is 30.3 Å². The molecule has 162 valence electrons. The number of carbonyl (C=O) groups excluding carboxylic acids is 1. The fraction of sp³-hybridized carbons (Fsp3) is 0.263. The predicted octanol–water partition coefficient (Wildman–Crippen LogP) is 2.14. The molecule has 0 saturated heterocycles. The topological polar surface area (TPSA) is 155 Å². The molecule has 2 rings (SSSR count). The summed E-state index contributed by atoms with van der Waals surface area (Å²) in [5.41, 5.74) is 6.05. The van der Waals surface area contributed by atoms with Crippen LogP contribution in [0, 0.1) is 0 Å². The van der Waals surface area contributed by atoms with E-state index in [0.717, 1.165) is 5.56 Å². The Morgan fingerprint density at radius 2 is 1.67 bits per heavy atom. The predicted molar refractivity (Wildman–Crippen MR) is 105 cm³/mol. The Kier molecular flexibility index (Phi) is 8.37. The number of hydrogen-bond donors (Lipinski definition) is 3. The van der Waals surface area contributed by atoms with E-state index in [0.29, 0.717) is 12.2 Å². The molecule has 2 aromatic carbocycles. The van der Waals surface area contributed by atoms with Crippen LogP contribution in [0.4, 0.5) is 0 Å². The van der Waals surface area contributed by atoms with Gasteiger partial charge in [0.2, 0.25) is 0 Å². The van der Waals surface area contributed by atoms with Gasteiger partial charge in [-0.05, 0) is 30.2 Å². The molecule has 0 amide bonds. The second-order valence-electron chi connectivity index (χ2n) is 6.03. The van der Waals surface area contributed by atoms with Gasteiger partial charge in [0, 0.05) is 0 Å². The Hall–Kier alpha value is -2.91. The van der Waals surface area contributed by atoms with Gasteiger partial charge in [0.05, 0.1) is 20.1 Å². The first kappa shape index (κ1) is 23.4. The third-order valence-corrected chi connectivity index (χ3v) is 4.71. The fourth-order valence-electron chi connectivity index (χ4n) is 2.33. The smallest absolute Gasteiger partial charge is 0.496 e. The minimum absolute atomic E-state index is 0.0233. The van der Waals surface area contributed by atoms with Gasteiger partial charge in [-0.15, -0.1) is 0 Å². The largest absolute Gasteiger partial charge is 0.527 e. The van der Waals surface area contributed by atoms with E-state index in [2.05, 4.69) is 4.52 Å². The van der Waals surface area contributed by atoms with Crippen LogP contribution in [0.5, 0.6) is 17.2 Å². The van der Waals surface area contributed by atoms with Crippen molar-refractivity contribution >= 4 is 19.8 Å². The minimum Gasteiger partial charge on any atom is -0.496 e. The number of nitrogens with two attached hydrogens (primary N) is 1. The number of hydrogen-bond acceptors (Lipinski definition) is 8. The number of aliphatic carboxylic acids is 1. The van der Waals surface area contributed by atoms with Gasteiger partial charge < -0.3 is 24.8 Å². The van der Waals surface area contributed by atoms with Crippen molar-refractivity contribution in [2.45, 2.75) is 18.9 Å². The van der Waals surface area contributed by atoms with Crippen LogP contribution in [0.15, 0.2) is 48.5 Å². The summed E-state index contributed by atoms with van der Waals surface area (Å²) in [4.78, 5) is 32.7. The normalized spacial score (nSPS) is 13.7. The number of carbonyl (C=O) groups is 2. The summed E-state index contributed by atoms with van der Waals surface area (Å²) >= 11 is 0. The number of rotatable bonds is 11. The lowest BCUT2D eigenvalue weighted by Crippen LogP contribution is -2.34. The highest BCUT2D eigenvalue weighted by molar-refractivity contribution is 7.47. The van der Waals surface area contributed by atoms with Crippen molar-refractivity contribution in [2.24, 2.45) is 5.73 Å². The van der Waals surface area contributed by atoms with Crippen LogP contribution in [0.1, 0.15) is 12.0 Å². The van der Waals surface area contributed by atoms with Gasteiger partial charge in [-0.3, -0.25) is 19.0 Å². The first-order chi connectivity index (χ1) is 14.2. The molecule has 11 heteroatoms. The molecule has 0 bridgehead atoms. The van der Waals surface area contributed by atoms with Crippen LogP contribution < -0.4 is 19.7 Å². The van der Waals surface area contributed by atoms with Crippen molar-refractivity contribution in [2.75, 3.05) is 13.7 Å². The number of phosphoric ester groups is 1. The van der Waals surface area contributed by atoms with Crippen molar-refractivity contribution < 1.29 is 42.7 Å². The van der Waals surface area contributed by atoms with Gasteiger partial charge in [0.25, 0.3) is 0 Å². The standard InChI is InChI=1S/C19H22NO9P/c1-26-15-7-3-2-6-13(15)10-11-18(21)28-16-8-4-5-9-17(16)29-30(24,25)27-12-14(20)19(22)23/h2-9,14H,10-12,20H2,1H3,(H,22,23)(H,24,25)/t14-/m0/s1. The molecule has 0 aliphatic heterocycles. The summed E-state index contributed by atoms with van der Waals surface area (Å²) in [6.45, 7) is -0.746. The summed E-state index contributed by atoms with van der Waals surface area (Å²) in [5.74, 6) is -1.68. The van der Waals surface area contributed by atoms with Crippen LogP contribution in [-0.2, 0) is 25.1 Å². The van der Waals surface area contributed by atoms with E-state index in [1.54, 1.807) is 12.1 Å². The quantitative estimate of drug-likeness (QED) is 0.269. The Bertz CT molecular complexity index is 934. The lowest BCUT2D eigenvalue weighted by Gasteiger charge is -2.16. The van der Waals surface area contributed by atoms with E-state index >= 15 is 0 Å². The summed E-state index contributed by atoms with van der Waals surface area (Å²) in [7, 11) is -3.17. The number of methoxy groups -OCH3 is 1. The third kappa shape index (κ3) is 7.16. The first-order valence-corrected chi connectivity index (χ1v) is 10.3. The summed E-state index contributed by atoms with van der Waals surface area (Å²) in [5, 5.41) is 8.70. The molecule has 0 heterocycles. The van der Waals surface area contributed by atoms with Crippen molar-refractivity contribution in [3.63, 3.8) is 0 Å². The number of benzene rings is 2. The molecule has 0 spiro atoms. The summed E-state index contributed by atoms with van der Waals surface area (Å²) in [6.07, 6.45) is 0.385. The van der Waals surface area contributed by atoms with E-state index in [4.69, 9.17) is 24.8 Å². The molecule has 0 fully saturated rings. The monoisotopic (exact) mass is 439 g/mol. The highest BCUT2D eigenvalue weighted by Crippen LogP contribution is 2.46. The number of carboxylic acids is 1. The summed E-state index contributed by atoms with van der Waals surface area (Å²) in [6, 6.07) is 11.4. The average molecular weight is 439 g/mol. The fourth-order valence-corrected chi connectivity index (χ4v) is 3.13. The second-order valence-corrected chi connectivity index (χ2v) is 7.41. The van der Waals surface area contributed by atoms with Crippen molar-refractivity contribution in [1.82, 2.24) is 0 Å². The van der Waals surface area contributed by atoms with Gasteiger partial charge >= 0.3 is 19.8 Å². The highest BCUT2D eigenvalue weighted by Gasteiger charge is 2.27. The van der Waals surface area contributed by atoms with Gasteiger partial charge in [-0.25, -0.2) is 4.57 Å². The molecule has 0 aromatic heterocycles. The highest BCUT2D eigenvalue weighted by atomic mass is 31.2. The lowest BCUT2D eigenvalue weighted by atomic mass is 10.1. The van der Waals surface area contributed by atoms with Crippen molar-refractivity contribution in [3.8, 4) is 17.2 Å². The Morgan fingerprint density at radius 1 is 1.07 bits per heavy atom.